The maximum Gasteiger partial charge on any atom is 0.0472 e. The van der Waals surface area contributed by atoms with Gasteiger partial charge in [0.05, 0.1) is 0 Å². The summed E-state index contributed by atoms with van der Waals surface area (Å²) in [4.78, 5) is 2.31. The standard InChI is InChI=1S/C16H23N/c1-5-12-17(15(4)14(3)6-2)13-16-10-8-7-9-11-16/h5,7-12H,6,13H2,1-4H3/b12-5-,15-14+. The molecule has 0 saturated heterocycles. The summed E-state index contributed by atoms with van der Waals surface area (Å²) in [5, 5.41) is 0. The lowest BCUT2D eigenvalue weighted by Gasteiger charge is -2.23. The molecule has 0 fully saturated rings. The van der Waals surface area contributed by atoms with E-state index in [2.05, 4.69) is 75.2 Å². The molecule has 0 amide bonds. The van der Waals surface area contributed by atoms with Crippen molar-refractivity contribution in [3.63, 3.8) is 0 Å². The summed E-state index contributed by atoms with van der Waals surface area (Å²) in [5.74, 6) is 0. The van der Waals surface area contributed by atoms with Crippen LogP contribution in [0.25, 0.3) is 0 Å². The number of rotatable bonds is 5. The normalized spacial score (nSPS) is 12.7. The van der Waals surface area contributed by atoms with Crippen molar-refractivity contribution in [1.82, 2.24) is 4.90 Å². The van der Waals surface area contributed by atoms with Crippen LogP contribution in [-0.4, -0.2) is 4.90 Å². The molecule has 0 bridgehead atoms. The van der Waals surface area contributed by atoms with Gasteiger partial charge in [-0.15, -0.1) is 0 Å². The molecule has 92 valence electrons. The highest BCUT2D eigenvalue weighted by molar-refractivity contribution is 5.18. The molecular formula is C16H23N. The molecule has 1 nitrogen and oxygen atoms in total. The lowest BCUT2D eigenvalue weighted by atomic mass is 10.1. The van der Waals surface area contributed by atoms with Crippen molar-refractivity contribution in [2.24, 2.45) is 0 Å². The molecule has 17 heavy (non-hydrogen) atoms. The molecule has 0 saturated carbocycles. The fourth-order valence-electron chi connectivity index (χ4n) is 1.74. The Morgan fingerprint density at radius 2 is 1.82 bits per heavy atom. The van der Waals surface area contributed by atoms with Gasteiger partial charge in [0, 0.05) is 12.2 Å². The Hall–Kier alpha value is -1.50. The molecule has 0 spiro atoms. The molecule has 0 atom stereocenters. The van der Waals surface area contributed by atoms with E-state index >= 15 is 0 Å². The largest absolute Gasteiger partial charge is 0.348 e. The molecule has 1 heteroatoms. The Balaban J connectivity index is 2.88. The van der Waals surface area contributed by atoms with E-state index in [9.17, 15) is 0 Å². The van der Waals surface area contributed by atoms with E-state index in [0.29, 0.717) is 0 Å². The van der Waals surface area contributed by atoms with E-state index in [1.54, 1.807) is 0 Å². The van der Waals surface area contributed by atoms with Crippen LogP contribution in [0.4, 0.5) is 0 Å². The van der Waals surface area contributed by atoms with Gasteiger partial charge in [-0.1, -0.05) is 48.9 Å². The second kappa shape index (κ2) is 6.95. The summed E-state index contributed by atoms with van der Waals surface area (Å²) in [6.07, 6.45) is 5.35. The molecule has 0 aromatic heterocycles. The first-order valence-electron chi connectivity index (χ1n) is 6.28. The van der Waals surface area contributed by atoms with E-state index in [1.165, 1.54) is 16.8 Å². The predicted octanol–water partition coefficient (Wildman–Crippen LogP) is 4.73. The molecule has 1 rings (SSSR count). The quantitative estimate of drug-likeness (QED) is 0.705. The molecule has 1 aromatic carbocycles. The van der Waals surface area contributed by atoms with Gasteiger partial charge >= 0.3 is 0 Å². The smallest absolute Gasteiger partial charge is 0.0472 e. The fraction of sp³-hybridized carbons (Fsp3) is 0.375. The van der Waals surface area contributed by atoms with Gasteiger partial charge in [0.1, 0.15) is 0 Å². The van der Waals surface area contributed by atoms with Crippen molar-refractivity contribution in [1.29, 1.82) is 0 Å². The predicted molar refractivity (Wildman–Crippen MR) is 75.5 cm³/mol. The van der Waals surface area contributed by atoms with Gasteiger partial charge in [-0.2, -0.15) is 0 Å². The van der Waals surface area contributed by atoms with Crippen LogP contribution < -0.4 is 0 Å². The van der Waals surface area contributed by atoms with Crippen LogP contribution in [0.2, 0.25) is 0 Å². The first-order valence-corrected chi connectivity index (χ1v) is 6.28. The molecular weight excluding hydrogens is 206 g/mol. The van der Waals surface area contributed by atoms with Crippen molar-refractivity contribution >= 4 is 0 Å². The summed E-state index contributed by atoms with van der Waals surface area (Å²) < 4.78 is 0. The Morgan fingerprint density at radius 3 is 2.35 bits per heavy atom. The third-order valence-electron chi connectivity index (χ3n) is 3.10. The van der Waals surface area contributed by atoms with Gasteiger partial charge in [0.25, 0.3) is 0 Å². The molecule has 1 aromatic rings. The second-order valence-electron chi connectivity index (χ2n) is 4.32. The van der Waals surface area contributed by atoms with Crippen LogP contribution in [0.5, 0.6) is 0 Å². The highest BCUT2D eigenvalue weighted by Gasteiger charge is 2.05. The fourth-order valence-corrected chi connectivity index (χ4v) is 1.74. The van der Waals surface area contributed by atoms with Crippen molar-refractivity contribution in [3.05, 3.63) is 59.4 Å². The average Bonchev–Trinajstić information content (AvgIpc) is 2.37. The summed E-state index contributed by atoms with van der Waals surface area (Å²) in [6.45, 7) is 9.61. The molecule has 0 unspecified atom stereocenters. The van der Waals surface area contributed by atoms with Crippen LogP contribution in [0.3, 0.4) is 0 Å². The summed E-state index contributed by atoms with van der Waals surface area (Å²) in [5.41, 5.74) is 4.14. The number of benzene rings is 1. The first-order chi connectivity index (χ1) is 8.19. The number of hydrogen-bond donors (Lipinski definition) is 0. The molecule has 0 aliphatic heterocycles. The third-order valence-corrected chi connectivity index (χ3v) is 3.10. The van der Waals surface area contributed by atoms with E-state index in [1.807, 2.05) is 0 Å². The molecule has 0 N–H and O–H groups in total. The number of nitrogens with zero attached hydrogens (tertiary/aromatic N) is 1. The van der Waals surface area contributed by atoms with Crippen molar-refractivity contribution < 1.29 is 0 Å². The van der Waals surface area contributed by atoms with Gasteiger partial charge < -0.3 is 4.90 Å². The van der Waals surface area contributed by atoms with Crippen LogP contribution in [0.1, 0.15) is 39.7 Å². The lowest BCUT2D eigenvalue weighted by molar-refractivity contribution is 0.452. The number of hydrogen-bond acceptors (Lipinski definition) is 1. The van der Waals surface area contributed by atoms with E-state index < -0.39 is 0 Å². The van der Waals surface area contributed by atoms with Crippen LogP contribution in [-0.2, 0) is 6.54 Å². The summed E-state index contributed by atoms with van der Waals surface area (Å²) >= 11 is 0. The van der Waals surface area contributed by atoms with Crippen molar-refractivity contribution in [3.8, 4) is 0 Å². The minimum atomic E-state index is 0.939. The van der Waals surface area contributed by atoms with Crippen LogP contribution in [0, 0.1) is 0 Å². The van der Waals surface area contributed by atoms with Gasteiger partial charge in [-0.25, -0.2) is 0 Å². The number of allylic oxidation sites excluding steroid dienone is 3. The topological polar surface area (TPSA) is 3.24 Å². The Bertz CT molecular complexity index is 387. The SMILES string of the molecule is C/C=C\N(Cc1ccccc1)/C(C)=C(\C)CC. The highest BCUT2D eigenvalue weighted by Crippen LogP contribution is 2.16. The third kappa shape index (κ3) is 4.10. The Morgan fingerprint density at radius 1 is 1.18 bits per heavy atom. The van der Waals surface area contributed by atoms with Crippen molar-refractivity contribution in [2.45, 2.75) is 40.7 Å². The van der Waals surface area contributed by atoms with Gasteiger partial charge in [0.2, 0.25) is 0 Å². The minimum Gasteiger partial charge on any atom is -0.348 e. The van der Waals surface area contributed by atoms with Gasteiger partial charge in [-0.3, -0.25) is 0 Å². The maximum absolute atomic E-state index is 2.31. The van der Waals surface area contributed by atoms with Crippen LogP contribution in [0.15, 0.2) is 53.9 Å². The summed E-state index contributed by atoms with van der Waals surface area (Å²) in [6, 6.07) is 10.6. The zero-order valence-corrected chi connectivity index (χ0v) is 11.4. The zero-order valence-electron chi connectivity index (χ0n) is 11.4. The lowest BCUT2D eigenvalue weighted by Crippen LogP contribution is -2.15. The zero-order chi connectivity index (χ0) is 12.7. The van der Waals surface area contributed by atoms with E-state index in [4.69, 9.17) is 0 Å². The highest BCUT2D eigenvalue weighted by atomic mass is 15.1. The van der Waals surface area contributed by atoms with E-state index in [-0.39, 0.29) is 0 Å². The Labute approximate surface area is 105 Å². The first kappa shape index (κ1) is 13.6. The maximum atomic E-state index is 2.31. The average molecular weight is 229 g/mol. The van der Waals surface area contributed by atoms with Crippen LogP contribution >= 0.6 is 0 Å². The molecule has 0 heterocycles. The Kier molecular flexibility index (Phi) is 5.55. The molecule has 0 radical (unpaired) electrons. The minimum absolute atomic E-state index is 0.939. The molecule has 0 aliphatic rings. The monoisotopic (exact) mass is 229 g/mol. The van der Waals surface area contributed by atoms with E-state index in [0.717, 1.165) is 13.0 Å². The van der Waals surface area contributed by atoms with Gasteiger partial charge in [-0.05, 0) is 39.0 Å². The van der Waals surface area contributed by atoms with Gasteiger partial charge in [0.15, 0.2) is 0 Å². The van der Waals surface area contributed by atoms with Crippen molar-refractivity contribution in [2.75, 3.05) is 0 Å². The molecule has 0 aliphatic carbocycles. The second-order valence-corrected chi connectivity index (χ2v) is 4.32. The summed E-state index contributed by atoms with van der Waals surface area (Å²) in [7, 11) is 0.